The number of aliphatic imine (C=N–C) groups is 1. The van der Waals surface area contributed by atoms with Crippen LogP contribution in [-0.4, -0.2) is 109 Å². The highest BCUT2D eigenvalue weighted by atomic mass is 19.3. The molecule has 0 spiro atoms. The summed E-state index contributed by atoms with van der Waals surface area (Å²) in [5.41, 5.74) is 15.5. The lowest BCUT2D eigenvalue weighted by Gasteiger charge is -2.55. The summed E-state index contributed by atoms with van der Waals surface area (Å²) in [5, 5.41) is 12.3. The van der Waals surface area contributed by atoms with E-state index in [1.807, 2.05) is 5.32 Å². The summed E-state index contributed by atoms with van der Waals surface area (Å²) >= 11 is 0. The molecular formula is C47H73F2N9O9. The fraction of sp³-hybridized carbons (Fsp3) is 0.702. The van der Waals surface area contributed by atoms with Gasteiger partial charge < -0.3 is 53.3 Å². The number of ether oxygens (including phenoxy) is 2. The van der Waals surface area contributed by atoms with E-state index in [1.54, 1.807) is 65.0 Å². The van der Waals surface area contributed by atoms with Crippen molar-refractivity contribution in [3.8, 4) is 0 Å². The van der Waals surface area contributed by atoms with Crippen molar-refractivity contribution in [3.05, 3.63) is 35.9 Å². The van der Waals surface area contributed by atoms with E-state index >= 15 is 8.78 Å². The Balaban J connectivity index is 1.53. The van der Waals surface area contributed by atoms with E-state index in [1.165, 1.54) is 0 Å². The molecule has 0 aromatic heterocycles. The van der Waals surface area contributed by atoms with Crippen molar-refractivity contribution in [1.82, 2.24) is 26.6 Å². The van der Waals surface area contributed by atoms with E-state index in [0.717, 1.165) is 45.6 Å². The molecule has 0 unspecified atom stereocenters. The summed E-state index contributed by atoms with van der Waals surface area (Å²) in [4.78, 5) is 99.2. The summed E-state index contributed by atoms with van der Waals surface area (Å²) < 4.78 is 43.3. The molecule has 0 radical (unpaired) electrons. The summed E-state index contributed by atoms with van der Waals surface area (Å²) in [6, 6.07) is 1.07. The van der Waals surface area contributed by atoms with E-state index in [0.29, 0.717) is 23.3 Å². The number of carbonyl (C=O) groups excluding carboxylic acids is 7. The number of alkyl halides is 2. The van der Waals surface area contributed by atoms with Gasteiger partial charge in [0.2, 0.25) is 23.5 Å². The van der Waals surface area contributed by atoms with E-state index in [-0.39, 0.29) is 69.9 Å². The molecule has 1 aromatic rings. The van der Waals surface area contributed by atoms with Crippen molar-refractivity contribution in [3.63, 3.8) is 0 Å². The van der Waals surface area contributed by atoms with Crippen molar-refractivity contribution in [1.29, 1.82) is 0 Å². The third-order valence-electron chi connectivity index (χ3n) is 12.8. The zero-order valence-corrected chi connectivity index (χ0v) is 39.8. The fourth-order valence-electron chi connectivity index (χ4n) is 9.97. The van der Waals surface area contributed by atoms with E-state index in [4.69, 9.17) is 26.7 Å². The minimum absolute atomic E-state index is 0.00364. The van der Waals surface area contributed by atoms with E-state index in [9.17, 15) is 33.6 Å². The van der Waals surface area contributed by atoms with Gasteiger partial charge in [0.05, 0.1) is 13.2 Å². The van der Waals surface area contributed by atoms with Crippen LogP contribution in [0, 0.1) is 29.1 Å². The van der Waals surface area contributed by atoms with Gasteiger partial charge in [0.15, 0.2) is 5.96 Å². The molecule has 5 rings (SSSR count). The lowest BCUT2D eigenvalue weighted by atomic mass is 9.54. The number of nitrogens with two attached hydrogens (primary N) is 3. The Labute approximate surface area is 392 Å². The average molecular weight is 946 g/mol. The van der Waals surface area contributed by atoms with Gasteiger partial charge in [0.1, 0.15) is 29.8 Å². The van der Waals surface area contributed by atoms with Crippen LogP contribution in [0.1, 0.15) is 117 Å². The van der Waals surface area contributed by atoms with Gasteiger partial charge in [-0.1, -0.05) is 65.0 Å². The first kappa shape index (κ1) is 54.2. The molecule has 374 valence electrons. The van der Waals surface area contributed by atoms with Crippen LogP contribution in [0.25, 0.3) is 0 Å². The number of rotatable bonds is 25. The highest BCUT2D eigenvalue weighted by Gasteiger charge is 2.54. The Hall–Kier alpha value is -5.40. The molecule has 0 saturated heterocycles. The number of methoxy groups -OCH3 is 1. The summed E-state index contributed by atoms with van der Waals surface area (Å²) in [6.45, 7) is 8.79. The number of Topliss-reactive ketones (excluding diaryl/α,β-unsaturated/α-hetero) is 1. The van der Waals surface area contributed by atoms with Crippen LogP contribution >= 0.6 is 0 Å². The third-order valence-corrected chi connectivity index (χ3v) is 12.8. The van der Waals surface area contributed by atoms with Crippen LogP contribution in [0.4, 0.5) is 13.6 Å². The molecule has 4 fully saturated rings. The molecule has 0 aliphatic heterocycles. The minimum Gasteiger partial charge on any atom is -0.467 e. The molecule has 4 aliphatic rings. The Morgan fingerprint density at radius 3 is 1.85 bits per heavy atom. The Kier molecular flexibility index (Phi) is 19.5. The molecule has 18 nitrogen and oxygen atoms in total. The van der Waals surface area contributed by atoms with Gasteiger partial charge in [-0.05, 0) is 118 Å². The maximum atomic E-state index is 16.2. The van der Waals surface area contributed by atoms with Crippen molar-refractivity contribution >= 4 is 47.4 Å². The number of esters is 1. The Bertz CT molecular complexity index is 1890. The first-order valence-corrected chi connectivity index (χ1v) is 23.5. The quantitative estimate of drug-likeness (QED) is 0.0231. The standard InChI is InChI=1S/C47H73F2N9O9/c1-27(2)19-34(38(60)55-33(41(63)66-6)16-12-18-53-43(51)52)57-42(64)47(48,49)37(59)32(15-10-11-17-50)54-39(61)35(23-28-13-8-7-9-14-28)56-40(62)36(45(3,4)5)58-44(65)67-46-24-29-20-30(25-46)22-31(21-29)26-46/h7-9,13-14,27,29-36H,10-12,15-26,50H2,1-6H3,(H,54,61)(H,55,60)(H,56,62)(H,57,64)(H,58,65)(H4,51,52,53)/t29?,30?,31?,32-,33-,34-,35-,36-,46?/m0/s1. The fourth-order valence-corrected chi connectivity index (χ4v) is 9.97. The molecule has 11 N–H and O–H groups in total. The molecule has 5 amide bonds. The maximum absolute atomic E-state index is 16.2. The number of amides is 5. The average Bonchev–Trinajstić information content (AvgIpc) is 3.24. The lowest BCUT2D eigenvalue weighted by Crippen LogP contribution is -2.62. The molecule has 4 bridgehead atoms. The SMILES string of the molecule is COC(=O)[C@H](CCCN=C(N)N)NC(=O)[C@H](CC(C)C)NC(=O)C(F)(F)C(=O)[C@H](CCCCN)NC(=O)[C@H](Cc1ccccc1)NC(=O)[C@H](NC(=O)OC12CC3CC(CC(C3)C1)C2)C(C)(C)C. The molecule has 5 atom stereocenters. The number of halogens is 2. The first-order valence-electron chi connectivity index (χ1n) is 23.5. The van der Waals surface area contributed by atoms with Crippen LogP contribution < -0.4 is 43.8 Å². The van der Waals surface area contributed by atoms with Crippen LogP contribution in [0.3, 0.4) is 0 Å². The van der Waals surface area contributed by atoms with E-state index in [2.05, 4.69) is 26.3 Å². The number of guanidine groups is 1. The number of unbranched alkanes of at least 4 members (excludes halogenated alkanes) is 1. The van der Waals surface area contributed by atoms with E-state index < -0.39 is 88.6 Å². The van der Waals surface area contributed by atoms with Gasteiger partial charge in [-0.15, -0.1) is 0 Å². The third kappa shape index (κ3) is 15.8. The molecule has 67 heavy (non-hydrogen) atoms. The molecule has 4 aliphatic carbocycles. The van der Waals surface area contributed by atoms with Gasteiger partial charge in [-0.3, -0.25) is 29.0 Å². The Morgan fingerprint density at radius 2 is 1.31 bits per heavy atom. The Morgan fingerprint density at radius 1 is 0.761 bits per heavy atom. The zero-order chi connectivity index (χ0) is 49.7. The normalized spacial score (nSPS) is 22.0. The molecule has 4 saturated carbocycles. The predicted octanol–water partition coefficient (Wildman–Crippen LogP) is 2.88. The number of hydrogen-bond acceptors (Lipinski definition) is 11. The number of hydrogen-bond donors (Lipinski definition) is 8. The van der Waals surface area contributed by atoms with Gasteiger partial charge in [-0.25, -0.2) is 9.59 Å². The van der Waals surface area contributed by atoms with Gasteiger partial charge in [0.25, 0.3) is 5.91 Å². The predicted molar refractivity (Wildman–Crippen MR) is 246 cm³/mol. The molecule has 1 aromatic carbocycles. The number of carbonyl (C=O) groups is 7. The first-order chi connectivity index (χ1) is 31.5. The monoisotopic (exact) mass is 946 g/mol. The van der Waals surface area contributed by atoms with Gasteiger partial charge in [-0.2, -0.15) is 8.78 Å². The van der Waals surface area contributed by atoms with Crippen LogP contribution in [0.2, 0.25) is 0 Å². The van der Waals surface area contributed by atoms with Crippen molar-refractivity contribution in [2.75, 3.05) is 20.2 Å². The van der Waals surface area contributed by atoms with Gasteiger partial charge in [0, 0.05) is 13.0 Å². The number of nitrogens with zero attached hydrogens (tertiary/aromatic N) is 1. The summed E-state index contributed by atoms with van der Waals surface area (Å²) in [6.07, 6.45) is 4.94. The number of nitrogens with one attached hydrogen (secondary N) is 5. The molecule has 0 heterocycles. The van der Waals surface area contributed by atoms with Crippen LogP contribution in [0.5, 0.6) is 0 Å². The topological polar surface area (TPSA) is 289 Å². The number of ketones is 1. The highest BCUT2D eigenvalue weighted by Crippen LogP contribution is 2.57. The molecular weight excluding hydrogens is 873 g/mol. The lowest BCUT2D eigenvalue weighted by molar-refractivity contribution is -0.161. The number of benzene rings is 1. The van der Waals surface area contributed by atoms with Crippen molar-refractivity contribution < 1.29 is 51.8 Å². The summed E-state index contributed by atoms with van der Waals surface area (Å²) in [7, 11) is 1.10. The smallest absolute Gasteiger partial charge is 0.408 e. The maximum Gasteiger partial charge on any atom is 0.408 e. The number of alkyl carbamates (subject to hydrolysis) is 1. The minimum atomic E-state index is -4.78. The largest absolute Gasteiger partial charge is 0.467 e. The molecule has 20 heteroatoms. The van der Waals surface area contributed by atoms with Crippen LogP contribution in [0.15, 0.2) is 35.3 Å². The summed E-state index contributed by atoms with van der Waals surface area (Å²) in [5.74, 6) is -11.5. The van der Waals surface area contributed by atoms with Gasteiger partial charge >= 0.3 is 18.0 Å². The van der Waals surface area contributed by atoms with Crippen LogP contribution in [-0.2, 0) is 44.7 Å². The highest BCUT2D eigenvalue weighted by molar-refractivity contribution is 6.11. The van der Waals surface area contributed by atoms with Crippen molar-refractivity contribution in [2.24, 2.45) is 51.3 Å². The van der Waals surface area contributed by atoms with Crippen molar-refractivity contribution in [2.45, 2.75) is 160 Å². The second-order valence-corrected chi connectivity index (χ2v) is 20.2. The second kappa shape index (κ2) is 24.1. The zero-order valence-electron chi connectivity index (χ0n) is 39.8. The second-order valence-electron chi connectivity index (χ2n) is 20.2.